The zero-order valence-electron chi connectivity index (χ0n) is 5.35. The minimum absolute atomic E-state index is 0. The van der Waals surface area contributed by atoms with E-state index in [9.17, 15) is 4.79 Å². The molecule has 0 aromatic carbocycles. The van der Waals surface area contributed by atoms with Gasteiger partial charge in [-0.1, -0.05) is 0 Å². The molecule has 1 heterocycles. The topological polar surface area (TPSA) is 32.3 Å². The van der Waals surface area contributed by atoms with Gasteiger partial charge in [-0.25, -0.2) is 0 Å². The Balaban J connectivity index is 0.000000640. The number of amides is 1. The van der Waals surface area contributed by atoms with Crippen LogP contribution in [0.5, 0.6) is 0 Å². The Kier molecular flexibility index (Phi) is 3.58. The number of halogens is 1. The van der Waals surface area contributed by atoms with Gasteiger partial charge in [0.15, 0.2) is 0 Å². The van der Waals surface area contributed by atoms with E-state index in [4.69, 9.17) is 0 Å². The van der Waals surface area contributed by atoms with Crippen LogP contribution in [0.15, 0.2) is 0 Å². The van der Waals surface area contributed by atoms with Crippen molar-refractivity contribution in [2.75, 3.05) is 26.7 Å². The summed E-state index contributed by atoms with van der Waals surface area (Å²) in [4.78, 5) is 12.4. The number of nitrogens with one attached hydrogen (secondary N) is 1. The first-order chi connectivity index (χ1) is 3.80. The Hall–Kier alpha value is -0.280. The van der Waals surface area contributed by atoms with Gasteiger partial charge in [-0.15, -0.1) is 0 Å². The fourth-order valence-electron chi connectivity index (χ4n) is 0.702. The van der Waals surface area contributed by atoms with Crippen LogP contribution < -0.4 is 17.7 Å². The monoisotopic (exact) mass is 149 g/mol. The zero-order chi connectivity index (χ0) is 5.98. The molecule has 0 aromatic rings. The van der Waals surface area contributed by atoms with Crippen molar-refractivity contribution in [1.29, 1.82) is 0 Å². The van der Waals surface area contributed by atoms with E-state index in [0.717, 1.165) is 13.1 Å². The van der Waals surface area contributed by atoms with E-state index in [-0.39, 0.29) is 18.3 Å². The van der Waals surface area contributed by atoms with Crippen molar-refractivity contribution in [1.82, 2.24) is 10.2 Å². The molecule has 54 valence electrons. The van der Waals surface area contributed by atoms with Gasteiger partial charge in [0.1, 0.15) is 0 Å². The fraction of sp³-hybridized carbons (Fsp3) is 0.800. The summed E-state index contributed by atoms with van der Waals surface area (Å²) in [5.41, 5.74) is 0. The molecule has 4 heteroatoms. The number of piperazine rings is 1. The average molecular weight is 150 g/mol. The Morgan fingerprint density at radius 1 is 1.67 bits per heavy atom. The van der Waals surface area contributed by atoms with E-state index >= 15 is 0 Å². The SMILES string of the molecule is CN1CCNCC1=O.[Cl-]. The van der Waals surface area contributed by atoms with Crippen LogP contribution in [0.1, 0.15) is 0 Å². The molecular formula is C5H10ClN2O-. The van der Waals surface area contributed by atoms with Crippen LogP contribution >= 0.6 is 0 Å². The van der Waals surface area contributed by atoms with Gasteiger partial charge in [0.05, 0.1) is 6.54 Å². The largest absolute Gasteiger partial charge is 1.00 e. The maximum atomic E-state index is 10.7. The molecule has 0 spiro atoms. The molecule has 0 bridgehead atoms. The van der Waals surface area contributed by atoms with Crippen molar-refractivity contribution >= 4 is 5.91 Å². The first-order valence-corrected chi connectivity index (χ1v) is 2.75. The lowest BCUT2D eigenvalue weighted by Crippen LogP contribution is -3.00. The minimum atomic E-state index is 0. The second-order valence-corrected chi connectivity index (χ2v) is 1.99. The number of hydrogen-bond donors (Lipinski definition) is 1. The Labute approximate surface area is 60.8 Å². The molecule has 0 aromatic heterocycles. The molecule has 1 amide bonds. The number of likely N-dealkylation sites (N-methyl/N-ethyl adjacent to an activating group) is 1. The van der Waals surface area contributed by atoms with Crippen LogP contribution in [0.25, 0.3) is 0 Å². The standard InChI is InChI=1S/C5H10N2O.ClH/c1-7-3-2-6-4-5(7)8;/h6H,2-4H2,1H3;1H/p-1. The summed E-state index contributed by atoms with van der Waals surface area (Å²) in [6.07, 6.45) is 0. The van der Waals surface area contributed by atoms with Crippen LogP contribution in [0, 0.1) is 0 Å². The Morgan fingerprint density at radius 2 is 2.33 bits per heavy atom. The van der Waals surface area contributed by atoms with Crippen molar-refractivity contribution < 1.29 is 17.2 Å². The quantitative estimate of drug-likeness (QED) is 0.382. The van der Waals surface area contributed by atoms with Crippen molar-refractivity contribution in [2.45, 2.75) is 0 Å². The molecule has 1 aliphatic rings. The maximum absolute atomic E-state index is 10.7. The van der Waals surface area contributed by atoms with E-state index in [2.05, 4.69) is 5.32 Å². The zero-order valence-corrected chi connectivity index (χ0v) is 6.11. The summed E-state index contributed by atoms with van der Waals surface area (Å²) < 4.78 is 0. The van der Waals surface area contributed by atoms with Gasteiger partial charge in [-0.3, -0.25) is 4.79 Å². The van der Waals surface area contributed by atoms with Gasteiger partial charge in [0.25, 0.3) is 0 Å². The van der Waals surface area contributed by atoms with Crippen LogP contribution in [-0.4, -0.2) is 37.5 Å². The number of nitrogens with zero attached hydrogens (tertiary/aromatic N) is 1. The summed E-state index contributed by atoms with van der Waals surface area (Å²) in [6.45, 7) is 2.29. The predicted molar refractivity (Wildman–Crippen MR) is 30.5 cm³/mol. The third-order valence-corrected chi connectivity index (χ3v) is 1.33. The first kappa shape index (κ1) is 8.72. The molecule has 1 rings (SSSR count). The van der Waals surface area contributed by atoms with E-state index in [0.29, 0.717) is 6.54 Å². The molecule has 1 N–H and O–H groups in total. The van der Waals surface area contributed by atoms with Crippen LogP contribution in [0.3, 0.4) is 0 Å². The first-order valence-electron chi connectivity index (χ1n) is 2.75. The van der Waals surface area contributed by atoms with Gasteiger partial charge < -0.3 is 22.6 Å². The van der Waals surface area contributed by atoms with E-state index in [1.54, 1.807) is 4.90 Å². The van der Waals surface area contributed by atoms with Crippen LogP contribution in [0.4, 0.5) is 0 Å². The molecular weight excluding hydrogens is 140 g/mol. The van der Waals surface area contributed by atoms with E-state index < -0.39 is 0 Å². The lowest BCUT2D eigenvalue weighted by molar-refractivity contribution is -0.130. The Bertz CT molecular complexity index is 107. The summed E-state index contributed by atoms with van der Waals surface area (Å²) >= 11 is 0. The minimum Gasteiger partial charge on any atom is -1.00 e. The van der Waals surface area contributed by atoms with Gasteiger partial charge in [-0.2, -0.15) is 0 Å². The third-order valence-electron chi connectivity index (χ3n) is 1.33. The second kappa shape index (κ2) is 3.69. The van der Waals surface area contributed by atoms with E-state index in [1.807, 2.05) is 7.05 Å². The van der Waals surface area contributed by atoms with Crippen molar-refractivity contribution in [2.24, 2.45) is 0 Å². The molecule has 0 atom stereocenters. The fourth-order valence-corrected chi connectivity index (χ4v) is 0.702. The summed E-state index contributed by atoms with van der Waals surface area (Å²) in [5.74, 6) is 0.191. The normalized spacial score (nSPS) is 19.2. The molecule has 0 unspecified atom stereocenters. The summed E-state index contributed by atoms with van der Waals surface area (Å²) in [5, 5.41) is 2.97. The van der Waals surface area contributed by atoms with Crippen molar-refractivity contribution in [3.63, 3.8) is 0 Å². The molecule has 0 saturated carbocycles. The lowest BCUT2D eigenvalue weighted by Gasteiger charge is -2.22. The van der Waals surface area contributed by atoms with E-state index in [1.165, 1.54) is 0 Å². The predicted octanol–water partition coefficient (Wildman–Crippen LogP) is -3.95. The highest BCUT2D eigenvalue weighted by atomic mass is 35.5. The number of carbonyl (C=O) groups excluding carboxylic acids is 1. The van der Waals surface area contributed by atoms with Crippen molar-refractivity contribution in [3.05, 3.63) is 0 Å². The van der Waals surface area contributed by atoms with Crippen LogP contribution in [-0.2, 0) is 4.79 Å². The van der Waals surface area contributed by atoms with Gasteiger partial charge in [-0.05, 0) is 0 Å². The number of hydrogen-bond acceptors (Lipinski definition) is 2. The molecule has 1 saturated heterocycles. The molecule has 3 nitrogen and oxygen atoms in total. The highest BCUT2D eigenvalue weighted by Gasteiger charge is 2.11. The molecule has 9 heavy (non-hydrogen) atoms. The molecule has 0 radical (unpaired) electrons. The maximum Gasteiger partial charge on any atom is 0.236 e. The highest BCUT2D eigenvalue weighted by Crippen LogP contribution is 1.86. The smallest absolute Gasteiger partial charge is 0.236 e. The Morgan fingerprint density at radius 3 is 2.67 bits per heavy atom. The van der Waals surface area contributed by atoms with Gasteiger partial charge in [0, 0.05) is 20.1 Å². The highest BCUT2D eigenvalue weighted by molar-refractivity contribution is 5.78. The molecule has 1 aliphatic heterocycles. The summed E-state index contributed by atoms with van der Waals surface area (Å²) in [7, 11) is 1.82. The second-order valence-electron chi connectivity index (χ2n) is 1.99. The number of carbonyl (C=O) groups is 1. The lowest BCUT2D eigenvalue weighted by atomic mass is 10.4. The third kappa shape index (κ3) is 2.20. The van der Waals surface area contributed by atoms with Crippen LogP contribution in [0.2, 0.25) is 0 Å². The summed E-state index contributed by atoms with van der Waals surface area (Å²) in [6, 6.07) is 0. The number of rotatable bonds is 0. The molecule has 1 fully saturated rings. The van der Waals surface area contributed by atoms with Gasteiger partial charge >= 0.3 is 0 Å². The average Bonchev–Trinajstić information content (AvgIpc) is 1.77. The van der Waals surface area contributed by atoms with Crippen molar-refractivity contribution in [3.8, 4) is 0 Å². The van der Waals surface area contributed by atoms with Gasteiger partial charge in [0.2, 0.25) is 5.91 Å². The molecule has 0 aliphatic carbocycles.